The van der Waals surface area contributed by atoms with E-state index < -0.39 is 5.97 Å². The molecule has 0 aliphatic carbocycles. The molecular weight excluding hydrogens is 326 g/mol. The average Bonchev–Trinajstić information content (AvgIpc) is 2.87. The number of amides is 1. The number of aromatic carboxylic acids is 1. The van der Waals surface area contributed by atoms with Gasteiger partial charge >= 0.3 is 5.97 Å². The Bertz CT molecular complexity index is 650. The van der Waals surface area contributed by atoms with E-state index in [9.17, 15) is 9.59 Å². The molecule has 0 spiro atoms. The highest BCUT2D eigenvalue weighted by Gasteiger charge is 2.18. The first-order valence-corrected chi connectivity index (χ1v) is 6.59. The van der Waals surface area contributed by atoms with E-state index in [1.165, 1.54) is 17.0 Å². The number of benzene rings is 1. The van der Waals surface area contributed by atoms with Gasteiger partial charge in [-0.05, 0) is 29.8 Å². The Kier molecular flexibility index (Phi) is 4.24. The Morgan fingerprint density at radius 3 is 2.55 bits per heavy atom. The lowest BCUT2D eigenvalue weighted by Gasteiger charge is -2.15. The minimum atomic E-state index is -1.20. The second-order valence-corrected chi connectivity index (χ2v) is 5.18. The summed E-state index contributed by atoms with van der Waals surface area (Å²) in [6, 6.07) is 10.2. The molecule has 20 heavy (non-hydrogen) atoms. The van der Waals surface area contributed by atoms with Crippen LogP contribution < -0.4 is 0 Å². The zero-order chi connectivity index (χ0) is 14.7. The van der Waals surface area contributed by atoms with Crippen LogP contribution in [0, 0.1) is 0 Å². The third-order valence-corrected chi connectivity index (χ3v) is 3.18. The van der Waals surface area contributed by atoms with E-state index in [1.807, 2.05) is 24.3 Å². The largest absolute Gasteiger partial charge is 0.475 e. The van der Waals surface area contributed by atoms with Crippen LogP contribution in [0.4, 0.5) is 0 Å². The van der Waals surface area contributed by atoms with Crippen molar-refractivity contribution in [3.63, 3.8) is 0 Å². The molecule has 1 N–H and O–H groups in total. The molecule has 0 aliphatic rings. The number of carboxylic acids is 1. The summed E-state index contributed by atoms with van der Waals surface area (Å²) < 4.78 is 5.92. The molecule has 2 rings (SSSR count). The fraction of sp³-hybridized carbons (Fsp3) is 0.143. The molecule has 2 aromatic rings. The maximum atomic E-state index is 12.1. The average molecular weight is 338 g/mol. The number of carboxylic acid groups (broad SMARTS) is 1. The number of hydrogen-bond acceptors (Lipinski definition) is 3. The minimum Gasteiger partial charge on any atom is -0.475 e. The molecule has 0 radical (unpaired) electrons. The molecule has 1 amide bonds. The minimum absolute atomic E-state index is 0.0138. The SMILES string of the molecule is CN(Cc1cccc(Br)c1)C(=O)c1ccc(C(=O)O)o1. The van der Waals surface area contributed by atoms with Crippen LogP contribution in [0.1, 0.15) is 26.7 Å². The maximum absolute atomic E-state index is 12.1. The second-order valence-electron chi connectivity index (χ2n) is 4.26. The molecule has 0 fully saturated rings. The fourth-order valence-corrected chi connectivity index (χ4v) is 2.18. The zero-order valence-electron chi connectivity index (χ0n) is 10.7. The molecule has 6 heteroatoms. The first-order valence-electron chi connectivity index (χ1n) is 5.80. The van der Waals surface area contributed by atoms with E-state index in [0.29, 0.717) is 6.54 Å². The summed E-state index contributed by atoms with van der Waals surface area (Å²) in [7, 11) is 1.63. The van der Waals surface area contributed by atoms with Gasteiger partial charge in [0.15, 0.2) is 5.76 Å². The number of halogens is 1. The number of rotatable bonds is 4. The predicted octanol–water partition coefficient (Wildman–Crippen LogP) is 3.01. The standard InChI is InChI=1S/C14H12BrNO4/c1-16(8-9-3-2-4-10(15)7-9)13(17)11-5-6-12(20-11)14(18)19/h2-7H,8H2,1H3,(H,18,19). The zero-order valence-corrected chi connectivity index (χ0v) is 12.3. The lowest BCUT2D eigenvalue weighted by Crippen LogP contribution is -2.25. The highest BCUT2D eigenvalue weighted by molar-refractivity contribution is 9.10. The van der Waals surface area contributed by atoms with Gasteiger partial charge < -0.3 is 14.4 Å². The van der Waals surface area contributed by atoms with Crippen molar-refractivity contribution < 1.29 is 19.1 Å². The Balaban J connectivity index is 2.10. The van der Waals surface area contributed by atoms with Gasteiger partial charge in [0.05, 0.1) is 0 Å². The highest BCUT2D eigenvalue weighted by atomic mass is 79.9. The van der Waals surface area contributed by atoms with E-state index in [0.717, 1.165) is 10.0 Å². The smallest absolute Gasteiger partial charge is 0.371 e. The van der Waals surface area contributed by atoms with Crippen LogP contribution in [0.15, 0.2) is 45.3 Å². The molecule has 0 aliphatic heterocycles. The summed E-state index contributed by atoms with van der Waals surface area (Å²) in [6.07, 6.45) is 0. The predicted molar refractivity (Wildman–Crippen MR) is 75.6 cm³/mol. The van der Waals surface area contributed by atoms with Crippen LogP contribution in [-0.2, 0) is 6.54 Å². The van der Waals surface area contributed by atoms with Crippen LogP contribution in [-0.4, -0.2) is 28.9 Å². The van der Waals surface area contributed by atoms with Crippen molar-refractivity contribution in [2.75, 3.05) is 7.05 Å². The van der Waals surface area contributed by atoms with Crippen molar-refractivity contribution in [1.82, 2.24) is 4.90 Å². The van der Waals surface area contributed by atoms with Gasteiger partial charge in [0.25, 0.3) is 5.91 Å². The monoisotopic (exact) mass is 337 g/mol. The van der Waals surface area contributed by atoms with Gasteiger partial charge in [-0.2, -0.15) is 0 Å². The molecular formula is C14H12BrNO4. The molecule has 0 bridgehead atoms. The van der Waals surface area contributed by atoms with Crippen molar-refractivity contribution in [1.29, 1.82) is 0 Å². The molecule has 1 aromatic heterocycles. The summed E-state index contributed by atoms with van der Waals surface area (Å²) in [5.74, 6) is -1.79. The van der Waals surface area contributed by atoms with Gasteiger partial charge in [-0.3, -0.25) is 4.79 Å². The summed E-state index contributed by atoms with van der Waals surface area (Å²) in [5, 5.41) is 8.76. The van der Waals surface area contributed by atoms with Crippen molar-refractivity contribution >= 4 is 27.8 Å². The lowest BCUT2D eigenvalue weighted by atomic mass is 10.2. The van der Waals surface area contributed by atoms with Crippen molar-refractivity contribution in [2.45, 2.75) is 6.54 Å². The molecule has 1 aromatic carbocycles. The number of nitrogens with zero attached hydrogens (tertiary/aromatic N) is 1. The second kappa shape index (κ2) is 5.92. The maximum Gasteiger partial charge on any atom is 0.371 e. The first kappa shape index (κ1) is 14.3. The van der Waals surface area contributed by atoms with Crippen molar-refractivity contribution in [3.8, 4) is 0 Å². The van der Waals surface area contributed by atoms with Gasteiger partial charge in [0.2, 0.25) is 5.76 Å². The third-order valence-electron chi connectivity index (χ3n) is 2.68. The molecule has 0 unspecified atom stereocenters. The van der Waals surface area contributed by atoms with Crippen LogP contribution in [0.3, 0.4) is 0 Å². The first-order chi connectivity index (χ1) is 9.47. The van der Waals surface area contributed by atoms with Crippen LogP contribution in [0.2, 0.25) is 0 Å². The molecule has 5 nitrogen and oxygen atoms in total. The third kappa shape index (κ3) is 3.27. The van der Waals surface area contributed by atoms with Crippen molar-refractivity contribution in [2.24, 2.45) is 0 Å². The fourth-order valence-electron chi connectivity index (χ4n) is 1.74. The Hall–Kier alpha value is -2.08. The number of hydrogen-bond donors (Lipinski definition) is 1. The van der Waals surface area contributed by atoms with E-state index in [4.69, 9.17) is 9.52 Å². The van der Waals surface area contributed by atoms with Crippen LogP contribution >= 0.6 is 15.9 Å². The van der Waals surface area contributed by atoms with E-state index in [2.05, 4.69) is 15.9 Å². The number of carbonyl (C=O) groups excluding carboxylic acids is 1. The highest BCUT2D eigenvalue weighted by Crippen LogP contribution is 2.15. The summed E-state index contributed by atoms with van der Waals surface area (Å²) >= 11 is 3.37. The molecule has 1 heterocycles. The number of carbonyl (C=O) groups is 2. The van der Waals surface area contributed by atoms with Gasteiger partial charge in [0.1, 0.15) is 0 Å². The van der Waals surface area contributed by atoms with Gasteiger partial charge in [-0.25, -0.2) is 4.79 Å². The van der Waals surface area contributed by atoms with E-state index in [-0.39, 0.29) is 17.4 Å². The summed E-state index contributed by atoms with van der Waals surface area (Å²) in [4.78, 5) is 24.3. The van der Waals surface area contributed by atoms with Crippen LogP contribution in [0.5, 0.6) is 0 Å². The Morgan fingerprint density at radius 2 is 1.95 bits per heavy atom. The Morgan fingerprint density at radius 1 is 1.25 bits per heavy atom. The topological polar surface area (TPSA) is 70.8 Å². The molecule has 0 saturated carbocycles. The summed E-state index contributed by atoms with van der Waals surface area (Å²) in [5.41, 5.74) is 0.959. The van der Waals surface area contributed by atoms with Gasteiger partial charge in [0, 0.05) is 18.1 Å². The molecule has 0 atom stereocenters. The van der Waals surface area contributed by atoms with Crippen molar-refractivity contribution in [3.05, 3.63) is 58.0 Å². The number of furan rings is 1. The lowest BCUT2D eigenvalue weighted by molar-refractivity contribution is 0.0653. The molecule has 104 valence electrons. The molecule has 0 saturated heterocycles. The van der Waals surface area contributed by atoms with Gasteiger partial charge in [-0.1, -0.05) is 28.1 Å². The van der Waals surface area contributed by atoms with E-state index >= 15 is 0 Å². The van der Waals surface area contributed by atoms with E-state index in [1.54, 1.807) is 7.05 Å². The summed E-state index contributed by atoms with van der Waals surface area (Å²) in [6.45, 7) is 0.404. The quantitative estimate of drug-likeness (QED) is 0.930. The Labute approximate surface area is 123 Å². The van der Waals surface area contributed by atoms with Gasteiger partial charge in [-0.15, -0.1) is 0 Å². The van der Waals surface area contributed by atoms with Crippen LogP contribution in [0.25, 0.3) is 0 Å². The normalized spacial score (nSPS) is 10.3.